The second-order valence-corrected chi connectivity index (χ2v) is 8.04. The maximum Gasteiger partial charge on any atom is 0.433 e. The monoisotopic (exact) mass is 566 g/mol. The molecule has 0 aliphatic heterocycles. The molecule has 0 saturated heterocycles. The molecule has 0 radical (unpaired) electrons. The minimum Gasteiger partial charge on any atom is -0.441 e. The molecule has 4 heterocycles. The summed E-state index contributed by atoms with van der Waals surface area (Å²) in [5, 5.41) is 12.4. The normalized spacial score (nSPS) is 12.1. The number of anilines is 2. The van der Waals surface area contributed by atoms with Crippen LogP contribution in [0.5, 0.6) is 0 Å². The lowest BCUT2D eigenvalue weighted by Crippen LogP contribution is -2.19. The van der Waals surface area contributed by atoms with Crippen LogP contribution in [0.1, 0.15) is 34.6 Å². The van der Waals surface area contributed by atoms with Gasteiger partial charge in [0.05, 0.1) is 34.9 Å². The highest BCUT2D eigenvalue weighted by atomic mass is 19.4. The van der Waals surface area contributed by atoms with Gasteiger partial charge in [-0.2, -0.15) is 22.0 Å². The van der Waals surface area contributed by atoms with Gasteiger partial charge in [-0.1, -0.05) is 5.21 Å². The lowest BCUT2D eigenvalue weighted by Gasteiger charge is -2.15. The van der Waals surface area contributed by atoms with Crippen molar-refractivity contribution in [1.82, 2.24) is 29.9 Å². The summed E-state index contributed by atoms with van der Waals surface area (Å²) in [7, 11) is 1.44. The third-order valence-corrected chi connectivity index (χ3v) is 5.25. The number of carbonyl (C=O) groups is 2. The van der Waals surface area contributed by atoms with E-state index in [-0.39, 0.29) is 28.5 Å². The number of hydrogen-bond acceptors (Lipinski definition) is 8. The Hall–Kier alpha value is -5.09. The third-order valence-electron chi connectivity index (χ3n) is 5.25. The summed E-state index contributed by atoms with van der Waals surface area (Å²) in [6, 6.07) is 4.64. The molecule has 0 unspecified atom stereocenters. The SMILES string of the molecule is C[C@@H](OC(=O)Nc1c(-c2ccc(NC(=O)c3ccc(C(F)(F)F)nc3F)cn2)nnn1C)c1cc(F)cnc1F. The van der Waals surface area contributed by atoms with Crippen LogP contribution >= 0.6 is 0 Å². The molecular weight excluding hydrogens is 550 g/mol. The Morgan fingerprint density at radius 2 is 1.75 bits per heavy atom. The van der Waals surface area contributed by atoms with Crippen molar-refractivity contribution in [3.63, 3.8) is 0 Å². The molecule has 2 N–H and O–H groups in total. The smallest absolute Gasteiger partial charge is 0.433 e. The first kappa shape index (κ1) is 27.9. The molecule has 11 nitrogen and oxygen atoms in total. The van der Waals surface area contributed by atoms with Crippen LogP contribution in [0, 0.1) is 17.7 Å². The van der Waals surface area contributed by atoms with Crippen molar-refractivity contribution in [2.24, 2.45) is 7.05 Å². The predicted octanol–water partition coefficient (Wildman–Crippen LogP) is 4.67. The molecule has 0 aliphatic carbocycles. The lowest BCUT2D eigenvalue weighted by molar-refractivity contribution is -0.141. The Morgan fingerprint density at radius 3 is 2.40 bits per heavy atom. The average Bonchev–Trinajstić information content (AvgIpc) is 3.24. The van der Waals surface area contributed by atoms with Gasteiger partial charge in [0.25, 0.3) is 5.91 Å². The largest absolute Gasteiger partial charge is 0.441 e. The zero-order chi connectivity index (χ0) is 29.2. The second-order valence-electron chi connectivity index (χ2n) is 8.04. The van der Waals surface area contributed by atoms with Gasteiger partial charge < -0.3 is 10.1 Å². The first-order valence-corrected chi connectivity index (χ1v) is 11.0. The molecule has 2 amide bonds. The van der Waals surface area contributed by atoms with E-state index >= 15 is 0 Å². The van der Waals surface area contributed by atoms with Crippen molar-refractivity contribution in [1.29, 1.82) is 0 Å². The van der Waals surface area contributed by atoms with Gasteiger partial charge in [0, 0.05) is 7.05 Å². The van der Waals surface area contributed by atoms with Crippen molar-refractivity contribution in [2.45, 2.75) is 19.2 Å². The maximum absolute atomic E-state index is 14.0. The first-order valence-electron chi connectivity index (χ1n) is 11.0. The second kappa shape index (κ2) is 11.0. The number of hydrogen-bond donors (Lipinski definition) is 2. The van der Waals surface area contributed by atoms with Gasteiger partial charge in [-0.3, -0.25) is 15.1 Å². The van der Waals surface area contributed by atoms with Crippen molar-refractivity contribution in [3.05, 3.63) is 77.3 Å². The number of halogens is 6. The van der Waals surface area contributed by atoms with E-state index < -0.39 is 53.3 Å². The minimum atomic E-state index is -4.88. The molecule has 40 heavy (non-hydrogen) atoms. The van der Waals surface area contributed by atoms with Gasteiger partial charge in [0.2, 0.25) is 11.9 Å². The molecule has 0 saturated carbocycles. The van der Waals surface area contributed by atoms with Crippen LogP contribution in [-0.4, -0.2) is 41.9 Å². The number of pyridine rings is 3. The Balaban J connectivity index is 1.45. The highest BCUT2D eigenvalue weighted by molar-refractivity contribution is 6.04. The fourth-order valence-electron chi connectivity index (χ4n) is 3.31. The van der Waals surface area contributed by atoms with E-state index in [0.717, 1.165) is 12.3 Å². The number of ether oxygens (including phenoxy) is 1. The summed E-state index contributed by atoms with van der Waals surface area (Å²) in [6.45, 7) is 1.31. The van der Waals surface area contributed by atoms with E-state index in [1.165, 1.54) is 30.8 Å². The van der Waals surface area contributed by atoms with Crippen LogP contribution < -0.4 is 10.6 Å². The molecule has 4 aromatic rings. The zero-order valence-electron chi connectivity index (χ0n) is 20.3. The Morgan fingerprint density at radius 1 is 1.00 bits per heavy atom. The summed E-state index contributed by atoms with van der Waals surface area (Å²) < 4.78 is 85.6. The number of rotatable bonds is 6. The molecule has 0 spiro atoms. The molecule has 17 heteroatoms. The van der Waals surface area contributed by atoms with E-state index in [1.54, 1.807) is 0 Å². The average molecular weight is 566 g/mol. The van der Waals surface area contributed by atoms with Crippen LogP contribution in [0.2, 0.25) is 0 Å². The molecule has 0 bridgehead atoms. The van der Waals surface area contributed by atoms with Gasteiger partial charge >= 0.3 is 12.3 Å². The highest BCUT2D eigenvalue weighted by Gasteiger charge is 2.33. The van der Waals surface area contributed by atoms with Gasteiger partial charge in [0.15, 0.2) is 11.5 Å². The van der Waals surface area contributed by atoms with Crippen LogP contribution in [0.15, 0.2) is 42.7 Å². The number of alkyl halides is 3. The van der Waals surface area contributed by atoms with E-state index in [4.69, 9.17) is 4.74 Å². The number of nitrogens with zero attached hydrogens (tertiary/aromatic N) is 6. The number of carbonyl (C=O) groups excluding carboxylic acids is 2. The zero-order valence-corrected chi connectivity index (χ0v) is 20.3. The first-order chi connectivity index (χ1) is 18.8. The molecule has 0 aliphatic rings. The summed E-state index contributed by atoms with van der Waals surface area (Å²) >= 11 is 0. The van der Waals surface area contributed by atoms with E-state index in [9.17, 15) is 35.9 Å². The molecule has 4 aromatic heterocycles. The topological polar surface area (TPSA) is 137 Å². The molecule has 0 aromatic carbocycles. The number of aryl methyl sites for hydroxylation is 1. The molecule has 0 fully saturated rings. The van der Waals surface area contributed by atoms with Crippen molar-refractivity contribution >= 4 is 23.5 Å². The third kappa shape index (κ3) is 6.13. The Kier molecular flexibility index (Phi) is 7.65. The molecule has 4 rings (SSSR count). The number of amides is 2. The van der Waals surface area contributed by atoms with Gasteiger partial charge in [0.1, 0.15) is 17.6 Å². The summed E-state index contributed by atoms with van der Waals surface area (Å²) in [4.78, 5) is 34.9. The highest BCUT2D eigenvalue weighted by Crippen LogP contribution is 2.29. The van der Waals surface area contributed by atoms with Gasteiger partial charge in [-0.05, 0) is 37.3 Å². The fourth-order valence-corrected chi connectivity index (χ4v) is 3.31. The molecule has 1 atom stereocenters. The number of aromatic nitrogens is 6. The predicted molar refractivity (Wildman–Crippen MR) is 124 cm³/mol. The fraction of sp³-hybridized carbons (Fsp3) is 0.174. The van der Waals surface area contributed by atoms with Gasteiger partial charge in [-0.15, -0.1) is 5.10 Å². The van der Waals surface area contributed by atoms with Crippen LogP contribution in [0.3, 0.4) is 0 Å². The van der Waals surface area contributed by atoms with Crippen molar-refractivity contribution in [3.8, 4) is 11.4 Å². The number of nitrogens with one attached hydrogen (secondary N) is 2. The summed E-state index contributed by atoms with van der Waals surface area (Å²) in [5.41, 5.74) is -2.24. The van der Waals surface area contributed by atoms with E-state index in [2.05, 4.69) is 35.9 Å². The van der Waals surface area contributed by atoms with Crippen molar-refractivity contribution in [2.75, 3.05) is 10.6 Å². The minimum absolute atomic E-state index is 0.0113. The van der Waals surface area contributed by atoms with Crippen LogP contribution in [-0.2, 0) is 18.0 Å². The van der Waals surface area contributed by atoms with Crippen LogP contribution in [0.4, 0.5) is 42.6 Å². The lowest BCUT2D eigenvalue weighted by atomic mass is 10.2. The van der Waals surface area contributed by atoms with Gasteiger partial charge in [-0.25, -0.2) is 23.8 Å². The molecular formula is C23H16F6N8O3. The Labute approximate surface area is 220 Å². The summed E-state index contributed by atoms with van der Waals surface area (Å²) in [5.74, 6) is -4.51. The quantitative estimate of drug-likeness (QED) is 0.254. The summed E-state index contributed by atoms with van der Waals surface area (Å²) in [6.07, 6.45) is -5.33. The maximum atomic E-state index is 14.0. The van der Waals surface area contributed by atoms with E-state index in [0.29, 0.717) is 18.3 Å². The molecule has 208 valence electrons. The Bertz CT molecular complexity index is 1580. The van der Waals surface area contributed by atoms with Crippen LogP contribution in [0.25, 0.3) is 11.4 Å². The van der Waals surface area contributed by atoms with Crippen molar-refractivity contribution < 1.29 is 40.7 Å². The van der Waals surface area contributed by atoms with E-state index in [1.807, 2.05) is 0 Å². The standard InChI is InChI=1S/C23H16F6N8O3/c1-10(14-7-11(24)8-31-18(14)25)40-22(39)34-20-17(35-36-37(20)2)15-5-3-12(9-30-15)32-21(38)13-4-6-16(23(27,28)29)33-19(13)26/h3-10H,1-2H3,(H,32,38)(H,34,39)/t10-/m1/s1.